The van der Waals surface area contributed by atoms with Crippen LogP contribution in [0, 0.1) is 17.1 Å². The van der Waals surface area contributed by atoms with Gasteiger partial charge in [-0.05, 0) is 35.9 Å². The lowest BCUT2D eigenvalue weighted by Crippen LogP contribution is -2.23. The molecule has 5 nitrogen and oxygen atoms in total. The van der Waals surface area contributed by atoms with Gasteiger partial charge in [0.2, 0.25) is 9.84 Å². The Hall–Kier alpha value is -2.71. The van der Waals surface area contributed by atoms with E-state index in [0.29, 0.717) is 6.07 Å². The van der Waals surface area contributed by atoms with Crippen LogP contribution in [-0.2, 0) is 16.3 Å². The molecule has 0 spiro atoms. The Kier molecular flexibility index (Phi) is 4.81. The standard InChI is InChI=1S/C17H11F5N2O3S/c18-9-3-8(7-23)4-10(5-9)24-12-1-2-13(28(26,27)16(19)20)14-11(12)6-17(21,22)15(14)25/h1-5,15-16,24-25H,6H2/t15-/m0/s1. The number of alkyl halides is 4. The molecule has 3 rings (SSSR count). The zero-order valence-electron chi connectivity index (χ0n) is 13.8. The number of hydrogen-bond donors (Lipinski definition) is 2. The normalized spacial score (nSPS) is 18.0. The van der Waals surface area contributed by atoms with E-state index >= 15 is 0 Å². The molecule has 148 valence electrons. The van der Waals surface area contributed by atoms with Gasteiger partial charge in [-0.3, -0.25) is 0 Å². The van der Waals surface area contributed by atoms with Crippen LogP contribution in [0.1, 0.15) is 22.8 Å². The average Bonchev–Trinajstić information content (AvgIpc) is 2.85. The summed E-state index contributed by atoms with van der Waals surface area (Å²) in [6, 6.07) is 6.46. The van der Waals surface area contributed by atoms with Gasteiger partial charge in [-0.15, -0.1) is 0 Å². The molecule has 0 radical (unpaired) electrons. The van der Waals surface area contributed by atoms with Gasteiger partial charge in [-0.25, -0.2) is 21.6 Å². The lowest BCUT2D eigenvalue weighted by atomic mass is 10.1. The number of sulfone groups is 1. The Morgan fingerprint density at radius 2 is 1.93 bits per heavy atom. The first-order chi connectivity index (χ1) is 13.0. The molecule has 1 aliphatic carbocycles. The third-order valence-corrected chi connectivity index (χ3v) is 5.69. The molecule has 0 aromatic heterocycles. The molecular formula is C17H11F5N2O3S. The second-order valence-electron chi connectivity index (χ2n) is 6.11. The molecule has 28 heavy (non-hydrogen) atoms. The lowest BCUT2D eigenvalue weighted by molar-refractivity contribution is -0.0976. The minimum Gasteiger partial charge on any atom is -0.382 e. The minimum absolute atomic E-state index is 0.00655. The van der Waals surface area contributed by atoms with E-state index in [-0.39, 0.29) is 22.5 Å². The number of fused-ring (bicyclic) bond motifs is 1. The largest absolute Gasteiger partial charge is 0.382 e. The number of nitrogens with one attached hydrogen (secondary N) is 1. The number of aliphatic hydroxyl groups excluding tert-OH is 1. The Bertz CT molecular complexity index is 1100. The Labute approximate surface area is 155 Å². The van der Waals surface area contributed by atoms with Gasteiger partial charge in [-0.2, -0.15) is 14.0 Å². The van der Waals surface area contributed by atoms with Crippen LogP contribution in [0.4, 0.5) is 33.3 Å². The topological polar surface area (TPSA) is 90.2 Å². The summed E-state index contributed by atoms with van der Waals surface area (Å²) in [5.41, 5.74) is -1.42. The fourth-order valence-corrected chi connectivity index (χ4v) is 4.01. The van der Waals surface area contributed by atoms with Gasteiger partial charge in [0.05, 0.1) is 16.5 Å². The Morgan fingerprint density at radius 1 is 1.25 bits per heavy atom. The second kappa shape index (κ2) is 6.72. The van der Waals surface area contributed by atoms with Crippen LogP contribution in [-0.4, -0.2) is 25.2 Å². The summed E-state index contributed by atoms with van der Waals surface area (Å²) in [6.07, 6.45) is -3.71. The molecule has 0 bridgehead atoms. The van der Waals surface area contributed by atoms with Crippen molar-refractivity contribution in [2.24, 2.45) is 0 Å². The van der Waals surface area contributed by atoms with E-state index < -0.39 is 50.3 Å². The van der Waals surface area contributed by atoms with Gasteiger partial charge in [0, 0.05) is 23.4 Å². The number of anilines is 2. The second-order valence-corrected chi connectivity index (χ2v) is 8.00. The van der Waals surface area contributed by atoms with Gasteiger partial charge in [0.25, 0.3) is 5.92 Å². The molecule has 0 saturated heterocycles. The third-order valence-electron chi connectivity index (χ3n) is 4.25. The van der Waals surface area contributed by atoms with Gasteiger partial charge < -0.3 is 10.4 Å². The molecule has 0 aliphatic heterocycles. The van der Waals surface area contributed by atoms with Crippen molar-refractivity contribution in [1.29, 1.82) is 5.26 Å². The molecule has 0 heterocycles. The fraction of sp³-hybridized carbons (Fsp3) is 0.235. The summed E-state index contributed by atoms with van der Waals surface area (Å²) in [7, 11) is -5.25. The van der Waals surface area contributed by atoms with Gasteiger partial charge in [0.1, 0.15) is 11.9 Å². The average molecular weight is 418 g/mol. The van der Waals surface area contributed by atoms with Crippen LogP contribution in [0.15, 0.2) is 35.2 Å². The predicted octanol–water partition coefficient (Wildman–Crippen LogP) is 3.66. The number of hydrogen-bond acceptors (Lipinski definition) is 5. The molecule has 11 heteroatoms. The third kappa shape index (κ3) is 3.29. The van der Waals surface area contributed by atoms with Crippen molar-refractivity contribution in [3.05, 3.63) is 52.8 Å². The molecule has 0 amide bonds. The number of halogens is 5. The number of nitriles is 1. The maximum Gasteiger partial charge on any atom is 0.341 e. The Morgan fingerprint density at radius 3 is 2.54 bits per heavy atom. The molecule has 0 saturated carbocycles. The summed E-state index contributed by atoms with van der Waals surface area (Å²) >= 11 is 0. The van der Waals surface area contributed by atoms with Crippen molar-refractivity contribution in [1.82, 2.24) is 0 Å². The van der Waals surface area contributed by atoms with E-state index in [4.69, 9.17) is 5.26 Å². The molecule has 2 N–H and O–H groups in total. The van der Waals surface area contributed by atoms with Crippen LogP contribution >= 0.6 is 0 Å². The highest BCUT2D eigenvalue weighted by Gasteiger charge is 2.51. The monoisotopic (exact) mass is 418 g/mol. The maximum atomic E-state index is 14.0. The molecular weight excluding hydrogens is 407 g/mol. The number of rotatable bonds is 4. The molecule has 1 aliphatic rings. The molecule has 2 aromatic rings. The van der Waals surface area contributed by atoms with Crippen LogP contribution in [0.3, 0.4) is 0 Å². The van der Waals surface area contributed by atoms with Crippen LogP contribution in [0.2, 0.25) is 0 Å². The highest BCUT2D eigenvalue weighted by atomic mass is 32.2. The van der Waals surface area contributed by atoms with Crippen LogP contribution < -0.4 is 5.32 Å². The molecule has 0 fully saturated rings. The summed E-state index contributed by atoms with van der Waals surface area (Å²) in [6.45, 7) is 0. The summed E-state index contributed by atoms with van der Waals surface area (Å²) in [4.78, 5) is -1.09. The first-order valence-corrected chi connectivity index (χ1v) is 9.23. The minimum atomic E-state index is -5.25. The molecule has 0 unspecified atom stereocenters. The lowest BCUT2D eigenvalue weighted by Gasteiger charge is -2.17. The molecule has 2 aromatic carbocycles. The fourth-order valence-electron chi connectivity index (χ4n) is 3.02. The van der Waals surface area contributed by atoms with Crippen LogP contribution in [0.25, 0.3) is 0 Å². The highest BCUT2D eigenvalue weighted by Crippen LogP contribution is 2.49. The SMILES string of the molecule is N#Cc1cc(F)cc(Nc2ccc(S(=O)(=O)C(F)F)c3c2CC(F)(F)[C@H]3O)c1. The summed E-state index contributed by atoms with van der Waals surface area (Å²) in [5, 5.41) is 21.3. The zero-order chi connectivity index (χ0) is 20.9. The maximum absolute atomic E-state index is 14.0. The van der Waals surface area contributed by atoms with Crippen LogP contribution in [0.5, 0.6) is 0 Å². The van der Waals surface area contributed by atoms with Gasteiger partial charge in [0.15, 0.2) is 0 Å². The van der Waals surface area contributed by atoms with Crippen molar-refractivity contribution in [2.45, 2.75) is 29.1 Å². The van der Waals surface area contributed by atoms with Crippen molar-refractivity contribution in [3.8, 4) is 6.07 Å². The van der Waals surface area contributed by atoms with E-state index in [9.17, 15) is 35.5 Å². The molecule has 1 atom stereocenters. The number of nitrogens with zero attached hydrogens (tertiary/aromatic N) is 1. The highest BCUT2D eigenvalue weighted by molar-refractivity contribution is 7.91. The van der Waals surface area contributed by atoms with Gasteiger partial charge >= 0.3 is 5.76 Å². The first kappa shape index (κ1) is 20.0. The van der Waals surface area contributed by atoms with Crippen molar-refractivity contribution < 1.29 is 35.5 Å². The van der Waals surface area contributed by atoms with Crippen molar-refractivity contribution >= 4 is 21.2 Å². The smallest absolute Gasteiger partial charge is 0.341 e. The Balaban J connectivity index is 2.17. The number of aliphatic hydroxyl groups is 1. The summed E-state index contributed by atoms with van der Waals surface area (Å²) < 4.78 is 91.1. The van der Waals surface area contributed by atoms with E-state index in [1.165, 1.54) is 6.07 Å². The van der Waals surface area contributed by atoms with E-state index in [1.807, 2.05) is 0 Å². The number of benzene rings is 2. The quantitative estimate of drug-likeness (QED) is 0.740. The first-order valence-electron chi connectivity index (χ1n) is 7.69. The van der Waals surface area contributed by atoms with Gasteiger partial charge in [-0.1, -0.05) is 0 Å². The van der Waals surface area contributed by atoms with E-state index in [0.717, 1.165) is 18.2 Å². The van der Waals surface area contributed by atoms with Crippen molar-refractivity contribution in [3.63, 3.8) is 0 Å². The van der Waals surface area contributed by atoms with Crippen molar-refractivity contribution in [2.75, 3.05) is 5.32 Å². The van der Waals surface area contributed by atoms with E-state index in [2.05, 4.69) is 5.32 Å². The predicted molar refractivity (Wildman–Crippen MR) is 87.6 cm³/mol. The van der Waals surface area contributed by atoms with E-state index in [1.54, 1.807) is 6.07 Å². The zero-order valence-corrected chi connectivity index (χ0v) is 14.6. The summed E-state index contributed by atoms with van der Waals surface area (Å²) in [5.74, 6) is -8.44.